The summed E-state index contributed by atoms with van der Waals surface area (Å²) in [6.07, 6.45) is 0.218. The molecule has 64 valence electrons. The first-order chi connectivity index (χ1) is 5.06. The van der Waals surface area contributed by atoms with Crippen LogP contribution in [0.25, 0.3) is 0 Å². The van der Waals surface area contributed by atoms with Gasteiger partial charge in [-0.3, -0.25) is 4.79 Å². The van der Waals surface area contributed by atoms with Crippen LogP contribution < -0.4 is 0 Å². The maximum Gasteiger partial charge on any atom is 0.330 e. The number of esters is 1. The number of hydrogen-bond acceptors (Lipinski definition) is 3. The first-order valence-corrected chi connectivity index (χ1v) is 3.11. The summed E-state index contributed by atoms with van der Waals surface area (Å²) in [5, 5.41) is 8.25. The third-order valence-corrected chi connectivity index (χ3v) is 0.946. The average molecular weight is 224 g/mol. The van der Waals surface area contributed by atoms with Crippen LogP contribution in [0.3, 0.4) is 0 Å². The summed E-state index contributed by atoms with van der Waals surface area (Å²) in [4.78, 5) is 20.5. The molecular formula is C7H10O4Zn. The van der Waals surface area contributed by atoms with Crippen LogP contribution in [0.4, 0.5) is 0 Å². The molecule has 1 atom stereocenters. The van der Waals surface area contributed by atoms with Gasteiger partial charge < -0.3 is 9.84 Å². The van der Waals surface area contributed by atoms with Crippen molar-refractivity contribution in [2.45, 2.75) is 19.4 Å². The third kappa shape index (κ3) is 7.41. The Kier molecular flexibility index (Phi) is 8.06. The second-order valence-electron chi connectivity index (χ2n) is 2.05. The van der Waals surface area contributed by atoms with Gasteiger partial charge in [-0.1, -0.05) is 6.58 Å². The van der Waals surface area contributed by atoms with Crippen molar-refractivity contribution >= 4 is 11.9 Å². The van der Waals surface area contributed by atoms with E-state index >= 15 is 0 Å². The number of carboxylic acids is 1. The minimum Gasteiger partial charge on any atom is -0.481 e. The van der Waals surface area contributed by atoms with E-state index in [1.165, 1.54) is 6.92 Å². The van der Waals surface area contributed by atoms with Crippen molar-refractivity contribution in [2.75, 3.05) is 0 Å². The predicted molar refractivity (Wildman–Crippen MR) is 38.0 cm³/mol. The van der Waals surface area contributed by atoms with Gasteiger partial charge in [0.25, 0.3) is 0 Å². The molecule has 0 fully saturated rings. The van der Waals surface area contributed by atoms with E-state index < -0.39 is 18.0 Å². The molecule has 0 saturated heterocycles. The van der Waals surface area contributed by atoms with Crippen molar-refractivity contribution in [1.29, 1.82) is 0 Å². The fourth-order valence-corrected chi connectivity index (χ4v) is 0.534. The van der Waals surface area contributed by atoms with Gasteiger partial charge in [0.15, 0.2) is 0 Å². The zero-order chi connectivity index (χ0) is 8.85. The van der Waals surface area contributed by atoms with Crippen molar-refractivity contribution < 1.29 is 38.9 Å². The van der Waals surface area contributed by atoms with Gasteiger partial charge in [-0.25, -0.2) is 4.79 Å². The molecule has 1 unspecified atom stereocenters. The maximum atomic E-state index is 10.5. The SMILES string of the molecule is C=CC(=O)OC(C)CC(=O)O.[Zn]. The molecule has 0 aliphatic carbocycles. The Morgan fingerprint density at radius 2 is 2.17 bits per heavy atom. The van der Waals surface area contributed by atoms with Crippen LogP contribution in [-0.4, -0.2) is 23.1 Å². The summed E-state index contributed by atoms with van der Waals surface area (Å²) in [6, 6.07) is 0. The number of ether oxygens (including phenoxy) is 1. The van der Waals surface area contributed by atoms with Crippen molar-refractivity contribution in [1.82, 2.24) is 0 Å². The number of aliphatic carboxylic acids is 1. The van der Waals surface area contributed by atoms with Crippen LogP contribution in [-0.2, 0) is 33.8 Å². The molecule has 0 aliphatic rings. The fourth-order valence-electron chi connectivity index (χ4n) is 0.534. The molecule has 0 aromatic heterocycles. The Hall–Kier alpha value is -0.697. The van der Waals surface area contributed by atoms with E-state index in [0.717, 1.165) is 6.08 Å². The standard InChI is InChI=1S/C7H10O4.Zn/c1-3-7(10)11-5(2)4-6(8)9;/h3,5H,1,4H2,2H3,(H,8,9);. The van der Waals surface area contributed by atoms with E-state index in [9.17, 15) is 9.59 Å². The van der Waals surface area contributed by atoms with Gasteiger partial charge in [0, 0.05) is 25.6 Å². The number of hydrogen-bond donors (Lipinski definition) is 1. The first-order valence-electron chi connectivity index (χ1n) is 3.11. The van der Waals surface area contributed by atoms with Gasteiger partial charge in [0.1, 0.15) is 6.10 Å². The van der Waals surface area contributed by atoms with E-state index in [1.54, 1.807) is 0 Å². The predicted octanol–water partition coefficient (Wildman–Crippen LogP) is 0.576. The molecule has 0 heterocycles. The molecule has 0 aromatic rings. The molecule has 12 heavy (non-hydrogen) atoms. The van der Waals surface area contributed by atoms with Gasteiger partial charge in [-0.2, -0.15) is 0 Å². The summed E-state index contributed by atoms with van der Waals surface area (Å²) < 4.78 is 4.57. The maximum absolute atomic E-state index is 10.5. The number of carbonyl (C=O) groups excluding carboxylic acids is 1. The third-order valence-electron chi connectivity index (χ3n) is 0.946. The molecule has 0 spiro atoms. The number of carbonyl (C=O) groups is 2. The minimum absolute atomic E-state index is 0. The van der Waals surface area contributed by atoms with Gasteiger partial charge in [-0.15, -0.1) is 0 Å². The Morgan fingerprint density at radius 3 is 2.50 bits per heavy atom. The summed E-state index contributed by atoms with van der Waals surface area (Å²) in [5.41, 5.74) is 0. The van der Waals surface area contributed by atoms with Crippen LogP contribution in [0.1, 0.15) is 13.3 Å². The molecule has 0 aliphatic heterocycles. The fraction of sp³-hybridized carbons (Fsp3) is 0.429. The van der Waals surface area contributed by atoms with Crippen LogP contribution in [0.2, 0.25) is 0 Å². The van der Waals surface area contributed by atoms with E-state index in [2.05, 4.69) is 11.3 Å². The van der Waals surface area contributed by atoms with E-state index in [-0.39, 0.29) is 25.9 Å². The van der Waals surface area contributed by atoms with Gasteiger partial charge in [-0.05, 0) is 6.92 Å². The summed E-state index contributed by atoms with van der Waals surface area (Å²) in [7, 11) is 0. The van der Waals surface area contributed by atoms with Crippen LogP contribution in [0.15, 0.2) is 12.7 Å². The van der Waals surface area contributed by atoms with E-state index in [1.807, 2.05) is 0 Å². The topological polar surface area (TPSA) is 63.6 Å². The Balaban J connectivity index is 0. The van der Waals surface area contributed by atoms with Gasteiger partial charge in [0.05, 0.1) is 6.42 Å². The zero-order valence-corrected chi connectivity index (χ0v) is 9.92. The molecule has 0 radical (unpaired) electrons. The van der Waals surface area contributed by atoms with Gasteiger partial charge in [0.2, 0.25) is 0 Å². The van der Waals surface area contributed by atoms with Crippen LogP contribution >= 0.6 is 0 Å². The molecular weight excluding hydrogens is 213 g/mol. The largest absolute Gasteiger partial charge is 0.481 e. The first kappa shape index (κ1) is 13.9. The molecule has 0 aromatic carbocycles. The van der Waals surface area contributed by atoms with Crippen molar-refractivity contribution in [3.63, 3.8) is 0 Å². The molecule has 0 saturated carbocycles. The van der Waals surface area contributed by atoms with Crippen LogP contribution in [0.5, 0.6) is 0 Å². The Labute approximate surface area is 83.4 Å². The monoisotopic (exact) mass is 222 g/mol. The molecule has 5 heteroatoms. The molecule has 0 amide bonds. The second-order valence-corrected chi connectivity index (χ2v) is 2.05. The Morgan fingerprint density at radius 1 is 1.67 bits per heavy atom. The zero-order valence-electron chi connectivity index (χ0n) is 6.95. The number of carboxylic acid groups (broad SMARTS) is 1. The quantitative estimate of drug-likeness (QED) is 0.430. The molecule has 1 N–H and O–H groups in total. The molecule has 4 nitrogen and oxygen atoms in total. The molecule has 0 bridgehead atoms. The summed E-state index contributed by atoms with van der Waals surface area (Å²) in [5.74, 6) is -1.59. The molecule has 0 rings (SSSR count). The Bertz CT molecular complexity index is 178. The van der Waals surface area contributed by atoms with Gasteiger partial charge >= 0.3 is 11.9 Å². The van der Waals surface area contributed by atoms with Crippen molar-refractivity contribution in [3.05, 3.63) is 12.7 Å². The smallest absolute Gasteiger partial charge is 0.330 e. The van der Waals surface area contributed by atoms with Crippen molar-refractivity contribution in [3.8, 4) is 0 Å². The summed E-state index contributed by atoms with van der Waals surface area (Å²) in [6.45, 7) is 4.68. The normalized spacial score (nSPS) is 10.8. The van der Waals surface area contributed by atoms with Crippen molar-refractivity contribution in [2.24, 2.45) is 0 Å². The number of rotatable bonds is 4. The van der Waals surface area contributed by atoms with Crippen LogP contribution in [0, 0.1) is 0 Å². The second kappa shape index (κ2) is 6.98. The minimum atomic E-state index is -0.991. The van der Waals surface area contributed by atoms with E-state index in [4.69, 9.17) is 5.11 Å². The average Bonchev–Trinajstić information content (AvgIpc) is 1.85. The summed E-state index contributed by atoms with van der Waals surface area (Å²) >= 11 is 0. The van der Waals surface area contributed by atoms with E-state index in [0.29, 0.717) is 0 Å².